The highest BCUT2D eigenvalue weighted by Gasteiger charge is 2.33. The summed E-state index contributed by atoms with van der Waals surface area (Å²) in [5.74, 6) is -0.166. The molecule has 1 N–H and O–H groups in total. The summed E-state index contributed by atoms with van der Waals surface area (Å²) in [5.41, 5.74) is 1.41. The van der Waals surface area contributed by atoms with Crippen molar-refractivity contribution >= 4 is 46.1 Å². The Bertz CT molecular complexity index is 999. The number of carbonyl (C=O) groups is 1. The second-order valence-corrected chi connectivity index (χ2v) is 7.39. The van der Waals surface area contributed by atoms with Crippen LogP contribution in [0.25, 0.3) is 6.08 Å². The first-order valence-corrected chi connectivity index (χ1v) is 10.3. The van der Waals surface area contributed by atoms with Gasteiger partial charge in [0, 0.05) is 10.6 Å². The van der Waals surface area contributed by atoms with Crippen molar-refractivity contribution in [3.8, 4) is 5.75 Å². The number of nitrogens with zero attached hydrogens (tertiary/aromatic N) is 1. The van der Waals surface area contributed by atoms with Crippen LogP contribution in [0.3, 0.4) is 0 Å². The summed E-state index contributed by atoms with van der Waals surface area (Å²) < 4.78 is 10.8. The molecular weight excluding hydrogens is 410 g/mol. The van der Waals surface area contributed by atoms with Gasteiger partial charge in [0.05, 0.1) is 23.8 Å². The Morgan fingerprint density at radius 3 is 2.62 bits per heavy atom. The van der Waals surface area contributed by atoms with Crippen molar-refractivity contribution in [1.29, 1.82) is 0 Å². The number of hydrogen-bond acceptors (Lipinski definition) is 6. The van der Waals surface area contributed by atoms with E-state index >= 15 is 0 Å². The summed E-state index contributed by atoms with van der Waals surface area (Å²) in [6.45, 7) is 4.28. The van der Waals surface area contributed by atoms with Crippen molar-refractivity contribution in [2.75, 3.05) is 13.2 Å². The highest BCUT2D eigenvalue weighted by Crippen LogP contribution is 2.41. The van der Waals surface area contributed by atoms with E-state index in [0.717, 1.165) is 0 Å². The lowest BCUT2D eigenvalue weighted by atomic mass is 10.1. The van der Waals surface area contributed by atoms with Crippen molar-refractivity contribution in [1.82, 2.24) is 0 Å². The minimum Gasteiger partial charge on any atom is -0.506 e. The fourth-order valence-corrected chi connectivity index (χ4v) is 3.88. The lowest BCUT2D eigenvalue weighted by molar-refractivity contribution is -0.138. The topological polar surface area (TPSA) is 68.1 Å². The molecule has 0 unspecified atom stereocenters. The number of aliphatic imine (C=N–C) groups is 1. The van der Waals surface area contributed by atoms with Crippen LogP contribution in [0.5, 0.6) is 5.75 Å². The number of rotatable bonds is 6. The molecule has 0 spiro atoms. The number of benzene rings is 2. The van der Waals surface area contributed by atoms with Crippen molar-refractivity contribution < 1.29 is 19.4 Å². The molecule has 1 aliphatic rings. The van der Waals surface area contributed by atoms with Crippen LogP contribution in [0.4, 0.5) is 5.69 Å². The SMILES string of the molecule is CCOC(=O)C1=C(O)/C(=C/c2cc(Cl)ccc2OCC)SC1=Nc1ccccc1. The fraction of sp³-hybridized carbons (Fsp3) is 0.182. The summed E-state index contributed by atoms with van der Waals surface area (Å²) in [7, 11) is 0. The first-order chi connectivity index (χ1) is 14.0. The minimum absolute atomic E-state index is 0.0481. The van der Waals surface area contributed by atoms with E-state index in [1.54, 1.807) is 31.2 Å². The molecule has 0 saturated heterocycles. The number of para-hydroxylation sites is 1. The van der Waals surface area contributed by atoms with Crippen LogP contribution in [0.2, 0.25) is 5.02 Å². The monoisotopic (exact) mass is 429 g/mol. The van der Waals surface area contributed by atoms with E-state index in [-0.39, 0.29) is 17.9 Å². The lowest BCUT2D eigenvalue weighted by Gasteiger charge is -2.08. The van der Waals surface area contributed by atoms with Gasteiger partial charge in [0.1, 0.15) is 22.1 Å². The molecular formula is C22H20ClNO4S. The molecule has 0 fully saturated rings. The van der Waals surface area contributed by atoms with Gasteiger partial charge in [-0.1, -0.05) is 41.6 Å². The lowest BCUT2D eigenvalue weighted by Crippen LogP contribution is -2.12. The minimum atomic E-state index is -0.619. The maximum absolute atomic E-state index is 12.5. The van der Waals surface area contributed by atoms with Crippen molar-refractivity contribution in [3.63, 3.8) is 0 Å². The molecule has 29 heavy (non-hydrogen) atoms. The Kier molecular flexibility index (Phi) is 7.01. The molecule has 5 nitrogen and oxygen atoms in total. The zero-order chi connectivity index (χ0) is 20.8. The van der Waals surface area contributed by atoms with Gasteiger partial charge in [0.15, 0.2) is 0 Å². The third kappa shape index (κ3) is 5.02. The molecule has 7 heteroatoms. The van der Waals surface area contributed by atoms with Gasteiger partial charge in [-0.05, 0) is 50.3 Å². The Morgan fingerprint density at radius 1 is 1.17 bits per heavy atom. The second-order valence-electron chi connectivity index (χ2n) is 5.92. The van der Waals surface area contributed by atoms with Crippen LogP contribution in [-0.2, 0) is 9.53 Å². The first-order valence-electron chi connectivity index (χ1n) is 9.10. The van der Waals surface area contributed by atoms with Gasteiger partial charge in [-0.15, -0.1) is 0 Å². The van der Waals surface area contributed by atoms with E-state index in [0.29, 0.717) is 38.6 Å². The van der Waals surface area contributed by atoms with E-state index in [2.05, 4.69) is 4.99 Å². The van der Waals surface area contributed by atoms with Crippen LogP contribution in [0.15, 0.2) is 69.8 Å². The van der Waals surface area contributed by atoms with Gasteiger partial charge in [-0.2, -0.15) is 0 Å². The fourth-order valence-electron chi connectivity index (χ4n) is 2.67. The van der Waals surface area contributed by atoms with Gasteiger partial charge in [0.2, 0.25) is 0 Å². The van der Waals surface area contributed by atoms with Gasteiger partial charge in [0.25, 0.3) is 0 Å². The Hall–Kier alpha value is -2.70. The predicted molar refractivity (Wildman–Crippen MR) is 118 cm³/mol. The van der Waals surface area contributed by atoms with Crippen molar-refractivity contribution in [2.45, 2.75) is 13.8 Å². The highest BCUT2D eigenvalue weighted by molar-refractivity contribution is 8.18. The second kappa shape index (κ2) is 9.67. The zero-order valence-electron chi connectivity index (χ0n) is 16.0. The summed E-state index contributed by atoms with van der Waals surface area (Å²) in [6, 6.07) is 14.5. The first kappa shape index (κ1) is 21.0. The summed E-state index contributed by atoms with van der Waals surface area (Å²) in [5, 5.41) is 11.7. The quantitative estimate of drug-likeness (QED) is 0.576. The van der Waals surface area contributed by atoms with Gasteiger partial charge in [-0.25, -0.2) is 9.79 Å². The normalized spacial score (nSPS) is 16.5. The molecule has 0 radical (unpaired) electrons. The summed E-state index contributed by atoms with van der Waals surface area (Å²) in [6.07, 6.45) is 1.73. The Labute approximate surface area is 178 Å². The van der Waals surface area contributed by atoms with Crippen molar-refractivity contribution in [3.05, 3.63) is 75.4 Å². The van der Waals surface area contributed by atoms with E-state index < -0.39 is 5.97 Å². The zero-order valence-corrected chi connectivity index (χ0v) is 17.6. The van der Waals surface area contributed by atoms with Gasteiger partial charge in [-0.3, -0.25) is 0 Å². The van der Waals surface area contributed by atoms with E-state index in [1.807, 2.05) is 37.3 Å². The van der Waals surface area contributed by atoms with Crippen LogP contribution in [-0.4, -0.2) is 29.3 Å². The summed E-state index contributed by atoms with van der Waals surface area (Å²) in [4.78, 5) is 17.5. The number of aliphatic hydroxyl groups excluding tert-OH is 1. The molecule has 0 saturated carbocycles. The average molecular weight is 430 g/mol. The maximum Gasteiger partial charge on any atom is 0.344 e. The molecule has 0 amide bonds. The average Bonchev–Trinajstić information content (AvgIpc) is 3.00. The van der Waals surface area contributed by atoms with Crippen LogP contribution < -0.4 is 4.74 Å². The molecule has 1 heterocycles. The van der Waals surface area contributed by atoms with E-state index in [1.165, 1.54) is 11.8 Å². The molecule has 0 aromatic heterocycles. The predicted octanol–water partition coefficient (Wildman–Crippen LogP) is 5.93. The standard InChI is InChI=1S/C22H20ClNO4S/c1-3-27-17-11-10-15(23)12-14(17)13-18-20(25)19(22(26)28-4-2)21(29-18)24-16-8-6-5-7-9-16/h5-13,25H,3-4H2,1-2H3/b18-13-,24-21?. The number of halogens is 1. The van der Waals surface area contributed by atoms with Crippen LogP contribution >= 0.6 is 23.4 Å². The van der Waals surface area contributed by atoms with E-state index in [4.69, 9.17) is 21.1 Å². The molecule has 0 aliphatic carbocycles. The Morgan fingerprint density at radius 2 is 1.93 bits per heavy atom. The summed E-state index contributed by atoms with van der Waals surface area (Å²) >= 11 is 7.32. The molecule has 2 aromatic rings. The number of carbonyl (C=O) groups excluding carboxylic acids is 1. The third-order valence-corrected chi connectivity index (χ3v) is 5.17. The molecule has 3 rings (SSSR count). The van der Waals surface area contributed by atoms with E-state index in [9.17, 15) is 9.90 Å². The molecule has 0 bridgehead atoms. The number of thioether (sulfide) groups is 1. The van der Waals surface area contributed by atoms with Gasteiger partial charge < -0.3 is 14.6 Å². The molecule has 2 aromatic carbocycles. The molecule has 150 valence electrons. The molecule has 1 aliphatic heterocycles. The van der Waals surface area contributed by atoms with Gasteiger partial charge >= 0.3 is 5.97 Å². The molecule has 0 atom stereocenters. The number of aliphatic hydroxyl groups is 1. The van der Waals surface area contributed by atoms with Crippen molar-refractivity contribution in [2.24, 2.45) is 4.99 Å². The van der Waals surface area contributed by atoms with Crippen LogP contribution in [0, 0.1) is 0 Å². The maximum atomic E-state index is 12.5. The smallest absolute Gasteiger partial charge is 0.344 e. The Balaban J connectivity index is 2.07. The number of esters is 1. The van der Waals surface area contributed by atoms with Crippen LogP contribution in [0.1, 0.15) is 19.4 Å². The highest BCUT2D eigenvalue weighted by atomic mass is 35.5. The number of ether oxygens (including phenoxy) is 2. The number of hydrogen-bond donors (Lipinski definition) is 1. The third-order valence-electron chi connectivity index (χ3n) is 3.92. The largest absolute Gasteiger partial charge is 0.506 e.